The molecule has 5 heteroatoms. The smallest absolute Gasteiger partial charge is 0.241 e. The van der Waals surface area contributed by atoms with E-state index in [-0.39, 0.29) is 18.3 Å². The van der Waals surface area contributed by atoms with Crippen LogP contribution in [0, 0.1) is 20.8 Å². The fourth-order valence-electron chi connectivity index (χ4n) is 1.09. The van der Waals surface area contributed by atoms with Gasteiger partial charge in [-0.25, -0.2) is 0 Å². The van der Waals surface area contributed by atoms with Gasteiger partial charge in [0, 0.05) is 4.88 Å². The molecule has 0 unspecified atom stereocenters. The summed E-state index contributed by atoms with van der Waals surface area (Å²) in [5.41, 5.74) is 7.86. The second-order valence-corrected chi connectivity index (χ2v) is 4.74. The lowest BCUT2D eigenvalue weighted by Gasteiger charge is -2.06. The molecule has 1 heterocycles. The lowest BCUT2D eigenvalue weighted by atomic mass is 10.2. The van der Waals surface area contributed by atoms with E-state index in [0.717, 1.165) is 10.6 Å². The third kappa shape index (κ3) is 3.19. The summed E-state index contributed by atoms with van der Waals surface area (Å²) in [6.07, 6.45) is 0. The summed E-state index contributed by atoms with van der Waals surface area (Å²) in [5.74, 6) is -0.130. The number of aryl methyl sites for hydroxylation is 1. The molecule has 0 aliphatic heterocycles. The van der Waals surface area contributed by atoms with E-state index in [2.05, 4.69) is 19.2 Å². The molecule has 0 aliphatic rings. The minimum Gasteiger partial charge on any atom is -0.320 e. The van der Waals surface area contributed by atoms with E-state index in [1.165, 1.54) is 10.4 Å². The van der Waals surface area contributed by atoms with Crippen molar-refractivity contribution in [2.24, 2.45) is 5.73 Å². The average molecular weight is 249 g/mol. The highest BCUT2D eigenvalue weighted by atomic mass is 35.5. The zero-order chi connectivity index (χ0) is 10.9. The predicted octanol–water partition coefficient (Wildman–Crippen LogP) is 2.38. The van der Waals surface area contributed by atoms with Crippen molar-refractivity contribution in [3.05, 3.63) is 16.0 Å². The van der Waals surface area contributed by atoms with Crippen molar-refractivity contribution in [3.8, 4) is 0 Å². The van der Waals surface area contributed by atoms with Gasteiger partial charge in [0.1, 0.15) is 0 Å². The summed E-state index contributed by atoms with van der Waals surface area (Å²) in [7, 11) is 0. The van der Waals surface area contributed by atoms with E-state index in [4.69, 9.17) is 5.73 Å². The highest BCUT2D eigenvalue weighted by Gasteiger charge is 2.13. The van der Waals surface area contributed by atoms with Crippen molar-refractivity contribution < 1.29 is 4.79 Å². The van der Waals surface area contributed by atoms with Gasteiger partial charge in [-0.1, -0.05) is 0 Å². The quantitative estimate of drug-likeness (QED) is 0.844. The van der Waals surface area contributed by atoms with E-state index in [1.807, 2.05) is 6.92 Å². The second kappa shape index (κ2) is 5.49. The number of thiophene rings is 1. The Morgan fingerprint density at radius 3 is 2.20 bits per heavy atom. The standard InChI is InChI=1S/C10H16N2OS.ClH/c1-5-6(2)10(14-8(5)4)12-9(13)7(3)11;/h7H,11H2,1-4H3,(H,12,13);1H/t7-;/m1./s1. The first-order chi connectivity index (χ1) is 6.43. The Hall–Kier alpha value is -0.580. The number of hydrogen-bond acceptors (Lipinski definition) is 3. The van der Waals surface area contributed by atoms with Gasteiger partial charge in [-0.15, -0.1) is 23.7 Å². The lowest BCUT2D eigenvalue weighted by molar-refractivity contribution is -0.117. The summed E-state index contributed by atoms with van der Waals surface area (Å²) < 4.78 is 0. The van der Waals surface area contributed by atoms with Crippen LogP contribution in [0.15, 0.2) is 0 Å². The molecule has 0 bridgehead atoms. The van der Waals surface area contributed by atoms with Crippen LogP contribution >= 0.6 is 23.7 Å². The first-order valence-electron chi connectivity index (χ1n) is 4.56. The normalized spacial score (nSPS) is 11.8. The topological polar surface area (TPSA) is 55.1 Å². The van der Waals surface area contributed by atoms with E-state index in [0.29, 0.717) is 0 Å². The molecule has 0 fully saturated rings. The van der Waals surface area contributed by atoms with Crippen LogP contribution in [0.4, 0.5) is 5.00 Å². The van der Waals surface area contributed by atoms with Crippen LogP contribution in [-0.2, 0) is 4.79 Å². The highest BCUT2D eigenvalue weighted by Crippen LogP contribution is 2.31. The molecule has 3 nitrogen and oxygen atoms in total. The number of anilines is 1. The van der Waals surface area contributed by atoms with E-state index in [1.54, 1.807) is 18.3 Å². The molecule has 0 aromatic carbocycles. The molecule has 1 rings (SSSR count). The molecule has 0 spiro atoms. The third-order valence-corrected chi connectivity index (χ3v) is 3.56. The van der Waals surface area contributed by atoms with Crippen LogP contribution < -0.4 is 11.1 Å². The maximum atomic E-state index is 11.4. The van der Waals surface area contributed by atoms with E-state index in [9.17, 15) is 4.79 Å². The molecular formula is C10H17ClN2OS. The number of rotatable bonds is 2. The summed E-state index contributed by atoms with van der Waals surface area (Å²) in [6.45, 7) is 7.80. The van der Waals surface area contributed by atoms with Gasteiger partial charge >= 0.3 is 0 Å². The van der Waals surface area contributed by atoms with Crippen LogP contribution in [-0.4, -0.2) is 11.9 Å². The predicted molar refractivity (Wildman–Crippen MR) is 68.1 cm³/mol. The zero-order valence-corrected chi connectivity index (χ0v) is 11.0. The maximum Gasteiger partial charge on any atom is 0.241 e. The molecule has 0 saturated heterocycles. The van der Waals surface area contributed by atoms with E-state index < -0.39 is 6.04 Å². The fraction of sp³-hybridized carbons (Fsp3) is 0.500. The van der Waals surface area contributed by atoms with Gasteiger partial charge in [0.05, 0.1) is 11.0 Å². The average Bonchev–Trinajstić information content (AvgIpc) is 2.33. The SMILES string of the molecule is Cc1sc(NC(=O)[C@@H](C)N)c(C)c1C.Cl. The summed E-state index contributed by atoms with van der Waals surface area (Å²) in [6, 6.07) is -0.461. The third-order valence-electron chi connectivity index (χ3n) is 2.34. The Labute approximate surface area is 100 Å². The van der Waals surface area contributed by atoms with Gasteiger partial charge in [0.15, 0.2) is 0 Å². The molecule has 0 radical (unpaired) electrons. The van der Waals surface area contributed by atoms with Gasteiger partial charge in [0.25, 0.3) is 0 Å². The molecule has 1 amide bonds. The lowest BCUT2D eigenvalue weighted by Crippen LogP contribution is -2.32. The van der Waals surface area contributed by atoms with Crippen molar-refractivity contribution in [1.29, 1.82) is 0 Å². The molecular weight excluding hydrogens is 232 g/mol. The van der Waals surface area contributed by atoms with Crippen molar-refractivity contribution in [1.82, 2.24) is 0 Å². The van der Waals surface area contributed by atoms with Crippen LogP contribution in [0.2, 0.25) is 0 Å². The first-order valence-corrected chi connectivity index (χ1v) is 5.38. The Kier molecular flexibility index (Phi) is 5.28. The molecule has 1 atom stereocenters. The van der Waals surface area contributed by atoms with Crippen LogP contribution in [0.25, 0.3) is 0 Å². The van der Waals surface area contributed by atoms with Crippen molar-refractivity contribution in [2.75, 3.05) is 5.32 Å². The molecule has 86 valence electrons. The zero-order valence-electron chi connectivity index (χ0n) is 9.38. The van der Waals surface area contributed by atoms with Gasteiger partial charge < -0.3 is 11.1 Å². The minimum atomic E-state index is -0.461. The molecule has 1 aromatic heterocycles. The molecule has 3 N–H and O–H groups in total. The van der Waals surface area contributed by atoms with Crippen LogP contribution in [0.3, 0.4) is 0 Å². The van der Waals surface area contributed by atoms with E-state index >= 15 is 0 Å². The van der Waals surface area contributed by atoms with Crippen molar-refractivity contribution in [3.63, 3.8) is 0 Å². The molecule has 0 aliphatic carbocycles. The van der Waals surface area contributed by atoms with Crippen LogP contribution in [0.1, 0.15) is 22.9 Å². The minimum absolute atomic E-state index is 0. The summed E-state index contributed by atoms with van der Waals surface area (Å²) >= 11 is 1.60. The highest BCUT2D eigenvalue weighted by molar-refractivity contribution is 7.16. The van der Waals surface area contributed by atoms with Gasteiger partial charge in [0.2, 0.25) is 5.91 Å². The number of halogens is 1. The number of nitrogens with one attached hydrogen (secondary N) is 1. The second-order valence-electron chi connectivity index (χ2n) is 3.52. The number of amides is 1. The summed E-state index contributed by atoms with van der Waals surface area (Å²) in [5, 5.41) is 3.74. The molecule has 1 aromatic rings. The van der Waals surface area contributed by atoms with Crippen molar-refractivity contribution >= 4 is 34.7 Å². The molecule has 0 saturated carbocycles. The van der Waals surface area contributed by atoms with Crippen molar-refractivity contribution in [2.45, 2.75) is 33.7 Å². The van der Waals surface area contributed by atoms with Gasteiger partial charge in [-0.05, 0) is 38.8 Å². The number of carbonyl (C=O) groups is 1. The fourth-order valence-corrected chi connectivity index (χ4v) is 2.16. The number of hydrogen-bond donors (Lipinski definition) is 2. The van der Waals surface area contributed by atoms with Crippen LogP contribution in [0.5, 0.6) is 0 Å². The molecule has 15 heavy (non-hydrogen) atoms. The monoisotopic (exact) mass is 248 g/mol. The first kappa shape index (κ1) is 14.4. The summed E-state index contributed by atoms with van der Waals surface area (Å²) in [4.78, 5) is 12.6. The largest absolute Gasteiger partial charge is 0.320 e. The maximum absolute atomic E-state index is 11.4. The Balaban J connectivity index is 0.00000196. The number of nitrogens with two attached hydrogens (primary N) is 1. The Morgan fingerprint density at radius 1 is 1.33 bits per heavy atom. The van der Waals surface area contributed by atoms with Gasteiger partial charge in [-0.2, -0.15) is 0 Å². The number of carbonyl (C=O) groups excluding carboxylic acids is 1. The van der Waals surface area contributed by atoms with Gasteiger partial charge in [-0.3, -0.25) is 4.79 Å². The Morgan fingerprint density at radius 2 is 1.87 bits per heavy atom. The Bertz CT molecular complexity index is 361.